The molecule has 0 bridgehead atoms. The lowest BCUT2D eigenvalue weighted by Crippen LogP contribution is -2.37. The molecule has 1 heterocycles. The number of ketones is 2. The van der Waals surface area contributed by atoms with Gasteiger partial charge in [-0.3, -0.25) is 9.59 Å². The van der Waals surface area contributed by atoms with Gasteiger partial charge in [-0.2, -0.15) is 0 Å². The number of piperidine rings is 1. The van der Waals surface area contributed by atoms with Crippen molar-refractivity contribution in [2.45, 2.75) is 32.1 Å². The second kappa shape index (κ2) is 11.1. The number of aromatic hydroxyl groups is 1. The fraction of sp³-hybridized carbons (Fsp3) is 0.440. The van der Waals surface area contributed by atoms with Crippen molar-refractivity contribution in [2.24, 2.45) is 5.92 Å². The fourth-order valence-corrected chi connectivity index (χ4v) is 4.15. The van der Waals surface area contributed by atoms with E-state index < -0.39 is 0 Å². The maximum Gasteiger partial charge on any atom is 0.170 e. The third kappa shape index (κ3) is 5.85. The SMILES string of the molecule is COc1cc(O)c(C(=O)CCCCN2CCC(C(=O)c3ccc(F)cc3)CC2)c(OC)c1. The zero-order valence-electron chi connectivity index (χ0n) is 18.6. The number of Topliss-reactive ketones (excluding diaryl/α,β-unsaturated/α-hetero) is 2. The summed E-state index contributed by atoms with van der Waals surface area (Å²) >= 11 is 0. The third-order valence-corrected chi connectivity index (χ3v) is 6.00. The van der Waals surface area contributed by atoms with Gasteiger partial charge in [-0.1, -0.05) is 0 Å². The molecule has 2 aromatic carbocycles. The number of nitrogens with zero attached hydrogens (tertiary/aromatic N) is 1. The fourth-order valence-electron chi connectivity index (χ4n) is 4.15. The molecule has 1 aliphatic heterocycles. The summed E-state index contributed by atoms with van der Waals surface area (Å²) in [6, 6.07) is 8.75. The predicted octanol–water partition coefficient (Wildman–Crippen LogP) is 4.50. The highest BCUT2D eigenvalue weighted by atomic mass is 19.1. The van der Waals surface area contributed by atoms with Crippen LogP contribution in [0.2, 0.25) is 0 Å². The summed E-state index contributed by atoms with van der Waals surface area (Å²) in [6.45, 7) is 2.52. The quantitative estimate of drug-likeness (QED) is 0.431. The van der Waals surface area contributed by atoms with E-state index in [4.69, 9.17) is 9.47 Å². The lowest BCUT2D eigenvalue weighted by Gasteiger charge is -2.31. The summed E-state index contributed by atoms with van der Waals surface area (Å²) in [7, 11) is 2.94. The number of halogens is 1. The molecule has 3 rings (SSSR count). The largest absolute Gasteiger partial charge is 0.507 e. The minimum absolute atomic E-state index is 0.0243. The molecule has 6 nitrogen and oxygen atoms in total. The minimum Gasteiger partial charge on any atom is -0.507 e. The molecule has 1 saturated heterocycles. The Morgan fingerprint density at radius 2 is 1.75 bits per heavy atom. The van der Waals surface area contributed by atoms with Crippen molar-refractivity contribution in [1.82, 2.24) is 4.90 Å². The normalized spacial score (nSPS) is 14.8. The van der Waals surface area contributed by atoms with E-state index in [1.54, 1.807) is 18.2 Å². The van der Waals surface area contributed by atoms with Crippen molar-refractivity contribution >= 4 is 11.6 Å². The lowest BCUT2D eigenvalue weighted by molar-refractivity contribution is 0.0836. The molecule has 7 heteroatoms. The number of ether oxygens (including phenoxy) is 2. The standard InChI is InChI=1S/C25H30FNO5/c1-31-20-15-22(29)24(23(16-20)32-2)21(28)5-3-4-12-27-13-10-18(11-14-27)25(30)17-6-8-19(26)9-7-17/h6-9,15-16,18,29H,3-5,10-14H2,1-2H3. The maximum absolute atomic E-state index is 13.1. The van der Waals surface area contributed by atoms with Crippen molar-refractivity contribution in [1.29, 1.82) is 0 Å². The van der Waals surface area contributed by atoms with Gasteiger partial charge < -0.3 is 19.5 Å². The van der Waals surface area contributed by atoms with Gasteiger partial charge in [0.25, 0.3) is 0 Å². The van der Waals surface area contributed by atoms with Gasteiger partial charge in [0.15, 0.2) is 11.6 Å². The summed E-state index contributed by atoms with van der Waals surface area (Å²) in [5.74, 6) is 0.157. The molecule has 0 saturated carbocycles. The summed E-state index contributed by atoms with van der Waals surface area (Å²) in [5, 5.41) is 10.2. The van der Waals surface area contributed by atoms with Gasteiger partial charge >= 0.3 is 0 Å². The molecule has 1 aliphatic rings. The van der Waals surface area contributed by atoms with Crippen LogP contribution in [0.15, 0.2) is 36.4 Å². The number of likely N-dealkylation sites (tertiary alicyclic amines) is 1. The van der Waals surface area contributed by atoms with Crippen LogP contribution in [-0.2, 0) is 0 Å². The van der Waals surface area contributed by atoms with E-state index in [0.29, 0.717) is 29.9 Å². The van der Waals surface area contributed by atoms with Crippen LogP contribution in [0.1, 0.15) is 52.8 Å². The molecule has 32 heavy (non-hydrogen) atoms. The molecule has 2 aromatic rings. The average Bonchev–Trinajstić information content (AvgIpc) is 2.81. The Morgan fingerprint density at radius 1 is 1.06 bits per heavy atom. The summed E-state index contributed by atoms with van der Waals surface area (Å²) in [4.78, 5) is 27.5. The Kier molecular flexibility index (Phi) is 8.22. The molecule has 0 aromatic heterocycles. The number of methoxy groups -OCH3 is 2. The van der Waals surface area contributed by atoms with Gasteiger partial charge in [-0.05, 0) is 69.6 Å². The molecular weight excluding hydrogens is 413 g/mol. The molecule has 0 atom stereocenters. The lowest BCUT2D eigenvalue weighted by atomic mass is 9.89. The second-order valence-electron chi connectivity index (χ2n) is 8.09. The van der Waals surface area contributed by atoms with Crippen LogP contribution in [0.4, 0.5) is 4.39 Å². The maximum atomic E-state index is 13.1. The number of phenolic OH excluding ortho intramolecular Hbond substituents is 1. The summed E-state index contributed by atoms with van der Waals surface area (Å²) in [5.41, 5.74) is 0.758. The summed E-state index contributed by atoms with van der Waals surface area (Å²) < 4.78 is 23.4. The highest BCUT2D eigenvalue weighted by Crippen LogP contribution is 2.34. The first-order chi connectivity index (χ1) is 15.4. The Bertz CT molecular complexity index is 936. The van der Waals surface area contributed by atoms with Crippen LogP contribution < -0.4 is 9.47 Å². The first-order valence-corrected chi connectivity index (χ1v) is 10.9. The molecule has 0 aliphatic carbocycles. The van der Waals surface area contributed by atoms with Crippen molar-refractivity contribution in [3.8, 4) is 17.2 Å². The van der Waals surface area contributed by atoms with Crippen LogP contribution in [-0.4, -0.2) is 55.4 Å². The Balaban J connectivity index is 1.42. The van der Waals surface area contributed by atoms with Crippen LogP contribution >= 0.6 is 0 Å². The molecule has 0 unspecified atom stereocenters. The van der Waals surface area contributed by atoms with E-state index in [9.17, 15) is 19.1 Å². The Labute approximate surface area is 187 Å². The number of benzene rings is 2. The van der Waals surface area contributed by atoms with Crippen molar-refractivity contribution in [3.63, 3.8) is 0 Å². The van der Waals surface area contributed by atoms with Gasteiger partial charge in [0.05, 0.1) is 14.2 Å². The van der Waals surface area contributed by atoms with Crippen molar-refractivity contribution < 1.29 is 28.6 Å². The first-order valence-electron chi connectivity index (χ1n) is 10.9. The molecule has 1 N–H and O–H groups in total. The number of hydrogen-bond acceptors (Lipinski definition) is 6. The summed E-state index contributed by atoms with van der Waals surface area (Å²) in [6.07, 6.45) is 3.43. The van der Waals surface area contributed by atoms with E-state index >= 15 is 0 Å². The molecular formula is C25H30FNO5. The number of carbonyl (C=O) groups is 2. The topological polar surface area (TPSA) is 76.1 Å². The third-order valence-electron chi connectivity index (χ3n) is 6.00. The highest BCUT2D eigenvalue weighted by molar-refractivity contribution is 6.01. The van der Waals surface area contributed by atoms with Gasteiger partial charge in [0.1, 0.15) is 28.6 Å². The smallest absolute Gasteiger partial charge is 0.170 e. The van der Waals surface area contributed by atoms with Crippen molar-refractivity contribution in [3.05, 3.63) is 53.3 Å². The number of phenols is 1. The van der Waals surface area contributed by atoms with Gasteiger partial charge in [-0.25, -0.2) is 4.39 Å². The Morgan fingerprint density at radius 3 is 2.38 bits per heavy atom. The monoisotopic (exact) mass is 443 g/mol. The molecule has 172 valence electrons. The molecule has 0 radical (unpaired) electrons. The van der Waals surface area contributed by atoms with Crippen LogP contribution in [0.3, 0.4) is 0 Å². The van der Waals surface area contributed by atoms with Gasteiger partial charge in [0, 0.05) is 30.0 Å². The van der Waals surface area contributed by atoms with E-state index in [1.807, 2.05) is 0 Å². The average molecular weight is 444 g/mol. The van der Waals surface area contributed by atoms with E-state index in [0.717, 1.165) is 38.9 Å². The zero-order valence-corrected chi connectivity index (χ0v) is 18.6. The highest BCUT2D eigenvalue weighted by Gasteiger charge is 2.26. The molecule has 0 spiro atoms. The van der Waals surface area contributed by atoms with Crippen LogP contribution in [0.5, 0.6) is 17.2 Å². The minimum atomic E-state index is -0.338. The predicted molar refractivity (Wildman–Crippen MR) is 119 cm³/mol. The van der Waals surface area contributed by atoms with Crippen molar-refractivity contribution in [2.75, 3.05) is 33.9 Å². The second-order valence-corrected chi connectivity index (χ2v) is 8.09. The van der Waals surface area contributed by atoms with Gasteiger partial charge in [-0.15, -0.1) is 0 Å². The molecule has 1 fully saturated rings. The van der Waals surface area contributed by atoms with E-state index in [1.165, 1.54) is 32.4 Å². The number of rotatable bonds is 10. The number of carbonyl (C=O) groups excluding carboxylic acids is 2. The van der Waals surface area contributed by atoms with E-state index in [-0.39, 0.29) is 34.6 Å². The molecule has 0 amide bonds. The zero-order chi connectivity index (χ0) is 23.1. The number of hydrogen-bond donors (Lipinski definition) is 1. The van der Waals surface area contributed by atoms with Crippen LogP contribution in [0.25, 0.3) is 0 Å². The van der Waals surface area contributed by atoms with Gasteiger partial charge in [0.2, 0.25) is 0 Å². The van der Waals surface area contributed by atoms with Crippen LogP contribution in [0, 0.1) is 11.7 Å². The van der Waals surface area contributed by atoms with E-state index in [2.05, 4.69) is 4.90 Å². The Hall–Kier alpha value is -2.93. The number of unbranched alkanes of at least 4 members (excludes halogenated alkanes) is 1. The first kappa shape index (κ1) is 23.7.